The number of anilines is 1. The van der Waals surface area contributed by atoms with Crippen molar-refractivity contribution in [1.82, 2.24) is 24.7 Å². The molecule has 1 atom stereocenters. The van der Waals surface area contributed by atoms with Gasteiger partial charge in [0.15, 0.2) is 23.4 Å². The van der Waals surface area contributed by atoms with Gasteiger partial charge in [0.05, 0.1) is 23.6 Å². The van der Waals surface area contributed by atoms with Gasteiger partial charge >= 0.3 is 0 Å². The largest absolute Gasteiger partial charge is 0.454 e. The quantitative estimate of drug-likeness (QED) is 0.351. The molecule has 0 saturated carbocycles. The Bertz CT molecular complexity index is 1690. The number of hydrogen-bond acceptors (Lipinski definition) is 8. The van der Waals surface area contributed by atoms with Gasteiger partial charge in [-0.15, -0.1) is 0 Å². The molecule has 9 nitrogen and oxygen atoms in total. The van der Waals surface area contributed by atoms with Gasteiger partial charge in [-0.05, 0) is 47.5 Å². The molecule has 0 aliphatic carbocycles. The smallest absolute Gasteiger partial charge is 0.231 e. The molecule has 41 heavy (non-hydrogen) atoms. The zero-order chi connectivity index (χ0) is 27.9. The average Bonchev–Trinajstić information content (AvgIpc) is 3.74. The van der Waals surface area contributed by atoms with Crippen molar-refractivity contribution < 1.29 is 14.3 Å². The Balaban J connectivity index is 1.34. The van der Waals surface area contributed by atoms with Crippen LogP contribution >= 0.6 is 0 Å². The number of ether oxygens (including phenoxy) is 2. The van der Waals surface area contributed by atoms with Crippen molar-refractivity contribution in [3.05, 3.63) is 95.1 Å². The highest BCUT2D eigenvalue weighted by Gasteiger charge is 2.38. The van der Waals surface area contributed by atoms with E-state index in [1.54, 1.807) is 6.20 Å². The SMILES string of the molecule is CN1CCN(C2=C(c3cccc4ccccc34)CN(C(Cc3ccc4c(c3)OCO4)c3cnc(N)[nH]3)C2=C=O)CC1. The molecule has 7 rings (SSSR count). The second-order valence-electron chi connectivity index (χ2n) is 10.9. The first-order chi connectivity index (χ1) is 20.1. The molecule has 1 fully saturated rings. The van der Waals surface area contributed by atoms with Crippen LogP contribution in [0, 0.1) is 0 Å². The van der Waals surface area contributed by atoms with Crippen LogP contribution < -0.4 is 15.2 Å². The zero-order valence-electron chi connectivity index (χ0n) is 23.0. The number of aromatic amines is 1. The molecule has 9 heteroatoms. The van der Waals surface area contributed by atoms with Crippen molar-refractivity contribution in [1.29, 1.82) is 0 Å². The van der Waals surface area contributed by atoms with Gasteiger partial charge in [-0.2, -0.15) is 0 Å². The minimum Gasteiger partial charge on any atom is -0.454 e. The van der Waals surface area contributed by atoms with E-state index in [1.165, 1.54) is 10.8 Å². The Hall–Kier alpha value is -4.72. The Morgan fingerprint density at radius 2 is 1.83 bits per heavy atom. The molecule has 1 saturated heterocycles. The molecule has 208 valence electrons. The van der Waals surface area contributed by atoms with Crippen LogP contribution in [0.25, 0.3) is 16.3 Å². The summed E-state index contributed by atoms with van der Waals surface area (Å²) in [6, 6.07) is 20.6. The van der Waals surface area contributed by atoms with Crippen LogP contribution in [0.2, 0.25) is 0 Å². The lowest BCUT2D eigenvalue weighted by Crippen LogP contribution is -2.44. The van der Waals surface area contributed by atoms with Gasteiger partial charge in [0.25, 0.3) is 0 Å². The minimum atomic E-state index is -0.244. The molecule has 0 bridgehead atoms. The van der Waals surface area contributed by atoms with Gasteiger partial charge in [-0.3, -0.25) is 0 Å². The van der Waals surface area contributed by atoms with E-state index in [2.05, 4.69) is 80.1 Å². The number of nitrogens with one attached hydrogen (secondary N) is 1. The van der Waals surface area contributed by atoms with Crippen LogP contribution in [0.15, 0.2) is 78.3 Å². The highest BCUT2D eigenvalue weighted by molar-refractivity contribution is 5.97. The van der Waals surface area contributed by atoms with E-state index in [9.17, 15) is 4.79 Å². The molecule has 1 unspecified atom stereocenters. The lowest BCUT2D eigenvalue weighted by Gasteiger charge is -2.36. The summed E-state index contributed by atoms with van der Waals surface area (Å²) in [5, 5.41) is 2.34. The fraction of sp³-hybridized carbons (Fsp3) is 0.281. The number of imidazole rings is 1. The van der Waals surface area contributed by atoms with E-state index in [0.29, 0.717) is 24.6 Å². The summed E-state index contributed by atoms with van der Waals surface area (Å²) in [7, 11) is 2.14. The third-order valence-corrected chi connectivity index (χ3v) is 8.37. The van der Waals surface area contributed by atoms with E-state index in [-0.39, 0.29) is 12.8 Å². The van der Waals surface area contributed by atoms with Crippen LogP contribution in [0.3, 0.4) is 0 Å². The van der Waals surface area contributed by atoms with Gasteiger partial charge < -0.3 is 34.9 Å². The van der Waals surface area contributed by atoms with Gasteiger partial charge in [-0.25, -0.2) is 9.78 Å². The number of rotatable bonds is 6. The second-order valence-corrected chi connectivity index (χ2v) is 10.9. The van der Waals surface area contributed by atoms with E-state index in [0.717, 1.165) is 65.8 Å². The third kappa shape index (κ3) is 4.59. The Kier molecular flexibility index (Phi) is 6.38. The number of nitrogens with two attached hydrogens (primary N) is 1. The predicted molar refractivity (Wildman–Crippen MR) is 158 cm³/mol. The first kappa shape index (κ1) is 25.3. The fourth-order valence-corrected chi connectivity index (χ4v) is 6.25. The monoisotopic (exact) mass is 548 g/mol. The topological polar surface area (TPSA) is 99.9 Å². The van der Waals surface area contributed by atoms with E-state index in [4.69, 9.17) is 15.2 Å². The summed E-state index contributed by atoms with van der Waals surface area (Å²) in [5.74, 6) is 4.18. The number of aromatic nitrogens is 2. The van der Waals surface area contributed by atoms with Gasteiger partial charge in [0, 0.05) is 38.3 Å². The summed E-state index contributed by atoms with van der Waals surface area (Å²) < 4.78 is 11.2. The molecule has 0 radical (unpaired) electrons. The molecule has 4 heterocycles. The van der Waals surface area contributed by atoms with E-state index < -0.39 is 0 Å². The highest BCUT2D eigenvalue weighted by atomic mass is 16.7. The molecular weight excluding hydrogens is 516 g/mol. The van der Waals surface area contributed by atoms with Crippen LogP contribution in [-0.2, 0) is 11.2 Å². The Morgan fingerprint density at radius 3 is 2.63 bits per heavy atom. The Labute approximate surface area is 238 Å². The zero-order valence-corrected chi connectivity index (χ0v) is 23.0. The Morgan fingerprint density at radius 1 is 1.02 bits per heavy atom. The predicted octanol–water partition coefficient (Wildman–Crippen LogP) is 3.85. The third-order valence-electron chi connectivity index (χ3n) is 8.37. The maximum atomic E-state index is 13.0. The lowest BCUT2D eigenvalue weighted by molar-refractivity contribution is 0.174. The number of likely N-dealkylation sites (N-methyl/N-ethyl adjacent to an activating group) is 1. The summed E-state index contributed by atoms with van der Waals surface area (Å²) in [6.07, 6.45) is 2.36. The number of benzene rings is 3. The number of nitrogens with zero attached hydrogens (tertiary/aromatic N) is 4. The van der Waals surface area contributed by atoms with Gasteiger partial charge in [0.2, 0.25) is 6.79 Å². The standard InChI is InChI=1S/C32H32N6O3/c1-36-11-13-37(14-12-36)31-25(24-8-4-6-22-5-2-3-7-23(22)24)18-38(28(31)19-39)27(26-17-34-32(33)35-26)15-21-9-10-29-30(16-21)41-20-40-29/h2-10,16-17,27H,11-15,18,20H2,1H3,(H3,33,34,35). The molecule has 4 aromatic rings. The minimum absolute atomic E-state index is 0.218. The van der Waals surface area contributed by atoms with E-state index in [1.807, 2.05) is 18.2 Å². The van der Waals surface area contributed by atoms with Crippen molar-refractivity contribution in [2.45, 2.75) is 12.5 Å². The first-order valence-electron chi connectivity index (χ1n) is 13.9. The first-order valence-corrected chi connectivity index (χ1v) is 13.9. The molecule has 3 aromatic carbocycles. The maximum Gasteiger partial charge on any atom is 0.231 e. The van der Waals surface area contributed by atoms with Crippen molar-refractivity contribution in [3.8, 4) is 11.5 Å². The van der Waals surface area contributed by atoms with Crippen molar-refractivity contribution in [3.63, 3.8) is 0 Å². The molecule has 3 aliphatic heterocycles. The average molecular weight is 549 g/mol. The lowest BCUT2D eigenvalue weighted by atomic mass is 9.97. The normalized spacial score (nSPS) is 17.9. The molecular formula is C32H32N6O3. The molecule has 3 aliphatic rings. The molecule has 3 N–H and O–H groups in total. The fourth-order valence-electron chi connectivity index (χ4n) is 6.25. The summed E-state index contributed by atoms with van der Waals surface area (Å²) in [4.78, 5) is 27.4. The number of piperazine rings is 1. The number of carbonyl (C=O) groups excluding carboxylic acids is 1. The molecule has 0 amide bonds. The number of fused-ring (bicyclic) bond motifs is 2. The van der Waals surface area contributed by atoms with Crippen LogP contribution in [0.4, 0.5) is 5.95 Å². The summed E-state index contributed by atoms with van der Waals surface area (Å²) in [6.45, 7) is 4.29. The number of hydrogen-bond donors (Lipinski definition) is 2. The summed E-state index contributed by atoms with van der Waals surface area (Å²) in [5.41, 5.74) is 11.8. The van der Waals surface area contributed by atoms with Gasteiger partial charge in [0.1, 0.15) is 5.70 Å². The maximum absolute atomic E-state index is 13.0. The van der Waals surface area contributed by atoms with Crippen molar-refractivity contribution >= 4 is 28.2 Å². The van der Waals surface area contributed by atoms with Crippen molar-refractivity contribution in [2.75, 3.05) is 52.3 Å². The van der Waals surface area contributed by atoms with Crippen LogP contribution in [0.1, 0.15) is 22.9 Å². The summed E-state index contributed by atoms with van der Waals surface area (Å²) >= 11 is 0. The second kappa shape index (κ2) is 10.4. The van der Waals surface area contributed by atoms with E-state index >= 15 is 0 Å². The number of H-pyrrole nitrogens is 1. The van der Waals surface area contributed by atoms with Crippen LogP contribution in [-0.4, -0.2) is 77.2 Å². The highest BCUT2D eigenvalue weighted by Crippen LogP contribution is 2.43. The van der Waals surface area contributed by atoms with Crippen molar-refractivity contribution in [2.24, 2.45) is 0 Å². The molecule has 1 aromatic heterocycles. The number of nitrogen functional groups attached to an aromatic ring is 1. The van der Waals surface area contributed by atoms with Crippen LogP contribution in [0.5, 0.6) is 11.5 Å². The molecule has 0 spiro atoms. The van der Waals surface area contributed by atoms with Gasteiger partial charge in [-0.1, -0.05) is 48.5 Å².